The molecule has 0 saturated carbocycles. The SMILES string of the molecule is O=c1[nH]c2ccc(F)cc2n1-c1cccc(Br)c1. The van der Waals surface area contributed by atoms with Gasteiger partial charge in [-0.15, -0.1) is 0 Å². The third-order valence-electron chi connectivity index (χ3n) is 2.71. The monoisotopic (exact) mass is 306 g/mol. The molecule has 1 N–H and O–H groups in total. The zero-order chi connectivity index (χ0) is 12.7. The summed E-state index contributed by atoms with van der Waals surface area (Å²) in [6.07, 6.45) is 0. The molecule has 0 amide bonds. The molecule has 0 spiro atoms. The topological polar surface area (TPSA) is 37.8 Å². The summed E-state index contributed by atoms with van der Waals surface area (Å²) in [4.78, 5) is 14.6. The highest BCUT2D eigenvalue weighted by Gasteiger charge is 2.09. The largest absolute Gasteiger partial charge is 0.331 e. The van der Waals surface area contributed by atoms with Gasteiger partial charge in [-0.1, -0.05) is 22.0 Å². The van der Waals surface area contributed by atoms with Crippen molar-refractivity contribution < 1.29 is 4.39 Å². The van der Waals surface area contributed by atoms with Gasteiger partial charge in [0, 0.05) is 10.5 Å². The smallest absolute Gasteiger partial charge is 0.305 e. The van der Waals surface area contributed by atoms with Gasteiger partial charge in [0.25, 0.3) is 0 Å². The first-order valence-electron chi connectivity index (χ1n) is 5.31. The number of aromatic amines is 1. The molecule has 0 unspecified atom stereocenters. The number of benzene rings is 2. The molecule has 0 saturated heterocycles. The molecule has 0 bridgehead atoms. The van der Waals surface area contributed by atoms with Crippen molar-refractivity contribution in [2.75, 3.05) is 0 Å². The normalized spacial score (nSPS) is 11.0. The highest BCUT2D eigenvalue weighted by atomic mass is 79.9. The molecule has 0 atom stereocenters. The van der Waals surface area contributed by atoms with Crippen molar-refractivity contribution in [3.8, 4) is 5.69 Å². The van der Waals surface area contributed by atoms with E-state index in [-0.39, 0.29) is 11.5 Å². The molecule has 0 aliphatic heterocycles. The van der Waals surface area contributed by atoms with Crippen LogP contribution in [0.4, 0.5) is 4.39 Å². The number of imidazole rings is 1. The molecular weight excluding hydrogens is 299 g/mol. The van der Waals surface area contributed by atoms with Gasteiger partial charge in [0.05, 0.1) is 16.7 Å². The van der Waals surface area contributed by atoms with E-state index in [0.717, 1.165) is 4.47 Å². The van der Waals surface area contributed by atoms with Crippen LogP contribution in [-0.4, -0.2) is 9.55 Å². The molecule has 3 rings (SSSR count). The van der Waals surface area contributed by atoms with Crippen LogP contribution >= 0.6 is 15.9 Å². The zero-order valence-corrected chi connectivity index (χ0v) is 10.7. The van der Waals surface area contributed by atoms with Crippen LogP contribution in [-0.2, 0) is 0 Å². The molecule has 18 heavy (non-hydrogen) atoms. The molecule has 2 aromatic carbocycles. The van der Waals surface area contributed by atoms with Crippen molar-refractivity contribution in [3.63, 3.8) is 0 Å². The lowest BCUT2D eigenvalue weighted by Crippen LogP contribution is -2.14. The molecular formula is C13H8BrFN2O. The molecule has 5 heteroatoms. The van der Waals surface area contributed by atoms with E-state index in [1.807, 2.05) is 12.1 Å². The van der Waals surface area contributed by atoms with Gasteiger partial charge >= 0.3 is 5.69 Å². The van der Waals surface area contributed by atoms with Crippen molar-refractivity contribution in [2.24, 2.45) is 0 Å². The first kappa shape index (κ1) is 11.2. The molecule has 0 aliphatic rings. The van der Waals surface area contributed by atoms with E-state index in [2.05, 4.69) is 20.9 Å². The molecule has 0 radical (unpaired) electrons. The first-order valence-corrected chi connectivity index (χ1v) is 6.11. The molecule has 0 fully saturated rings. The first-order chi connectivity index (χ1) is 8.65. The second-order valence-electron chi connectivity index (χ2n) is 3.91. The predicted octanol–water partition coefficient (Wildman–Crippen LogP) is 3.22. The number of rotatable bonds is 1. The van der Waals surface area contributed by atoms with Gasteiger partial charge in [0.15, 0.2) is 0 Å². The van der Waals surface area contributed by atoms with Crippen LogP contribution < -0.4 is 5.69 Å². The van der Waals surface area contributed by atoms with E-state index in [4.69, 9.17) is 0 Å². The minimum atomic E-state index is -0.370. The summed E-state index contributed by atoms with van der Waals surface area (Å²) in [5, 5.41) is 0. The fourth-order valence-corrected chi connectivity index (χ4v) is 2.33. The maximum Gasteiger partial charge on any atom is 0.331 e. The maximum atomic E-state index is 13.3. The van der Waals surface area contributed by atoms with E-state index < -0.39 is 0 Å². The van der Waals surface area contributed by atoms with E-state index in [9.17, 15) is 9.18 Å². The summed E-state index contributed by atoms with van der Waals surface area (Å²) in [5.74, 6) is -0.370. The van der Waals surface area contributed by atoms with Crippen molar-refractivity contribution in [3.05, 3.63) is 63.2 Å². The van der Waals surface area contributed by atoms with Gasteiger partial charge < -0.3 is 4.98 Å². The summed E-state index contributed by atoms with van der Waals surface area (Å²) in [6.45, 7) is 0. The quantitative estimate of drug-likeness (QED) is 0.736. The van der Waals surface area contributed by atoms with Gasteiger partial charge in [-0.25, -0.2) is 9.18 Å². The summed E-state index contributed by atoms with van der Waals surface area (Å²) < 4.78 is 15.6. The lowest BCUT2D eigenvalue weighted by atomic mass is 10.3. The van der Waals surface area contributed by atoms with Gasteiger partial charge in [-0.3, -0.25) is 4.57 Å². The van der Waals surface area contributed by atoms with Gasteiger partial charge in [-0.2, -0.15) is 0 Å². The number of fused-ring (bicyclic) bond motifs is 1. The zero-order valence-electron chi connectivity index (χ0n) is 9.15. The van der Waals surface area contributed by atoms with E-state index in [1.165, 1.54) is 16.7 Å². The number of halogens is 2. The second kappa shape index (κ2) is 4.10. The number of nitrogens with one attached hydrogen (secondary N) is 1. The van der Waals surface area contributed by atoms with Crippen LogP contribution in [0.5, 0.6) is 0 Å². The number of nitrogens with zero attached hydrogens (tertiary/aromatic N) is 1. The number of hydrogen-bond acceptors (Lipinski definition) is 1. The highest BCUT2D eigenvalue weighted by Crippen LogP contribution is 2.19. The van der Waals surface area contributed by atoms with Crippen LogP contribution in [0.25, 0.3) is 16.7 Å². The van der Waals surface area contributed by atoms with Gasteiger partial charge in [0.1, 0.15) is 5.82 Å². The summed E-state index contributed by atoms with van der Waals surface area (Å²) in [7, 11) is 0. The fraction of sp³-hybridized carbons (Fsp3) is 0. The molecule has 3 nitrogen and oxygen atoms in total. The molecule has 1 heterocycles. The highest BCUT2D eigenvalue weighted by molar-refractivity contribution is 9.10. The molecule has 90 valence electrons. The summed E-state index contributed by atoms with van der Waals surface area (Å²) in [6, 6.07) is 11.5. The van der Waals surface area contributed by atoms with Crippen LogP contribution in [0.1, 0.15) is 0 Å². The molecule has 1 aromatic heterocycles. The minimum Gasteiger partial charge on any atom is -0.305 e. The summed E-state index contributed by atoms with van der Waals surface area (Å²) in [5.41, 5.74) is 1.54. The van der Waals surface area contributed by atoms with Crippen molar-refractivity contribution in [2.45, 2.75) is 0 Å². The second-order valence-corrected chi connectivity index (χ2v) is 4.82. The van der Waals surface area contributed by atoms with Crippen molar-refractivity contribution in [1.82, 2.24) is 9.55 Å². The Morgan fingerprint density at radius 3 is 2.78 bits per heavy atom. The Bertz CT molecular complexity index is 791. The van der Waals surface area contributed by atoms with Crippen LogP contribution in [0.15, 0.2) is 51.7 Å². The van der Waals surface area contributed by atoms with Crippen molar-refractivity contribution >= 4 is 27.0 Å². The maximum absolute atomic E-state index is 13.3. The lowest BCUT2D eigenvalue weighted by molar-refractivity contribution is 0.629. The Kier molecular flexibility index (Phi) is 2.56. The lowest BCUT2D eigenvalue weighted by Gasteiger charge is -2.03. The summed E-state index contributed by atoms with van der Waals surface area (Å²) >= 11 is 3.35. The Morgan fingerprint density at radius 2 is 2.00 bits per heavy atom. The fourth-order valence-electron chi connectivity index (χ4n) is 1.95. The van der Waals surface area contributed by atoms with Gasteiger partial charge in [0.2, 0.25) is 0 Å². The Labute approximate surface area is 110 Å². The average molecular weight is 307 g/mol. The third-order valence-corrected chi connectivity index (χ3v) is 3.21. The van der Waals surface area contributed by atoms with Crippen molar-refractivity contribution in [1.29, 1.82) is 0 Å². The Morgan fingerprint density at radius 1 is 1.17 bits per heavy atom. The standard InChI is InChI=1S/C13H8BrFN2O/c14-8-2-1-3-10(6-8)17-12-7-9(15)4-5-11(12)16-13(17)18/h1-7H,(H,16,18). The molecule has 0 aliphatic carbocycles. The Balaban J connectivity index is 2.38. The third kappa shape index (κ3) is 1.76. The predicted molar refractivity (Wildman–Crippen MR) is 71.6 cm³/mol. The van der Waals surface area contributed by atoms with Crippen LogP contribution in [0.3, 0.4) is 0 Å². The minimum absolute atomic E-state index is 0.284. The van der Waals surface area contributed by atoms with Gasteiger partial charge in [-0.05, 0) is 30.3 Å². The van der Waals surface area contributed by atoms with E-state index in [1.54, 1.807) is 18.2 Å². The number of H-pyrrole nitrogens is 1. The van der Waals surface area contributed by atoms with E-state index >= 15 is 0 Å². The molecule has 3 aromatic rings. The Hall–Kier alpha value is -1.88. The number of aromatic nitrogens is 2. The van der Waals surface area contributed by atoms with Crippen LogP contribution in [0.2, 0.25) is 0 Å². The van der Waals surface area contributed by atoms with E-state index in [0.29, 0.717) is 16.7 Å². The van der Waals surface area contributed by atoms with Crippen LogP contribution in [0, 0.1) is 5.82 Å². The average Bonchev–Trinajstić information content (AvgIpc) is 2.64. The number of hydrogen-bond donors (Lipinski definition) is 1.